The third kappa shape index (κ3) is 5.63. The molecule has 7 nitrogen and oxygen atoms in total. The van der Waals surface area contributed by atoms with Gasteiger partial charge in [-0.1, -0.05) is 18.2 Å². The number of amides is 1. The van der Waals surface area contributed by atoms with Crippen LogP contribution in [0, 0.1) is 17.2 Å². The van der Waals surface area contributed by atoms with E-state index in [1.807, 2.05) is 44.2 Å². The Morgan fingerprint density at radius 3 is 2.42 bits per heavy atom. The molecule has 0 atom stereocenters. The zero-order valence-electron chi connectivity index (χ0n) is 17.7. The Balaban J connectivity index is 1.56. The number of sulfonamides is 1. The van der Waals surface area contributed by atoms with Crippen molar-refractivity contribution in [1.82, 2.24) is 9.62 Å². The standard InChI is InChI=1S/C23H27N3O4S/c1-17(2)30-22-6-4-3-5-20(22)16-25-23(27)19-11-13-26(14-12-19)31(28,29)21-9-7-18(15-24)8-10-21/h3-10,17,19H,11-14,16H2,1-2H3,(H,25,27). The molecule has 0 radical (unpaired) electrons. The van der Waals surface area contributed by atoms with E-state index in [1.165, 1.54) is 28.6 Å². The summed E-state index contributed by atoms with van der Waals surface area (Å²) in [6, 6.07) is 15.5. The second-order valence-corrected chi connectivity index (χ2v) is 9.74. The molecule has 0 spiro atoms. The molecule has 0 aliphatic carbocycles. The molecular formula is C23H27N3O4S. The normalized spacial score (nSPS) is 15.4. The molecule has 0 aromatic heterocycles. The van der Waals surface area contributed by atoms with E-state index < -0.39 is 10.0 Å². The van der Waals surface area contributed by atoms with Crippen molar-refractivity contribution in [3.8, 4) is 11.8 Å². The van der Waals surface area contributed by atoms with Gasteiger partial charge >= 0.3 is 0 Å². The SMILES string of the molecule is CC(C)Oc1ccccc1CNC(=O)C1CCN(S(=O)(=O)c2ccc(C#N)cc2)CC1. The van der Waals surface area contributed by atoms with E-state index in [0.717, 1.165) is 11.3 Å². The predicted molar refractivity (Wildman–Crippen MR) is 117 cm³/mol. The van der Waals surface area contributed by atoms with E-state index in [4.69, 9.17) is 10.00 Å². The molecule has 2 aromatic carbocycles. The van der Waals surface area contributed by atoms with Crippen LogP contribution in [0.3, 0.4) is 0 Å². The summed E-state index contributed by atoms with van der Waals surface area (Å²) >= 11 is 0. The fourth-order valence-electron chi connectivity index (χ4n) is 3.55. The van der Waals surface area contributed by atoms with Gasteiger partial charge in [-0.3, -0.25) is 4.79 Å². The Morgan fingerprint density at radius 2 is 1.81 bits per heavy atom. The van der Waals surface area contributed by atoms with Crippen molar-refractivity contribution in [1.29, 1.82) is 5.26 Å². The van der Waals surface area contributed by atoms with Crippen LogP contribution >= 0.6 is 0 Å². The summed E-state index contributed by atoms with van der Waals surface area (Å²) in [6.45, 7) is 4.84. The monoisotopic (exact) mass is 441 g/mol. The number of hydrogen-bond donors (Lipinski definition) is 1. The number of carbonyl (C=O) groups excluding carboxylic acids is 1. The average molecular weight is 442 g/mol. The maximum Gasteiger partial charge on any atom is 0.243 e. The van der Waals surface area contributed by atoms with E-state index in [2.05, 4.69) is 5.32 Å². The van der Waals surface area contributed by atoms with Crippen molar-refractivity contribution in [2.75, 3.05) is 13.1 Å². The highest BCUT2D eigenvalue weighted by Gasteiger charge is 2.32. The van der Waals surface area contributed by atoms with Gasteiger partial charge in [0.15, 0.2) is 0 Å². The fourth-order valence-corrected chi connectivity index (χ4v) is 5.02. The van der Waals surface area contributed by atoms with Crippen LogP contribution in [-0.4, -0.2) is 37.8 Å². The Morgan fingerprint density at radius 1 is 1.16 bits per heavy atom. The van der Waals surface area contributed by atoms with Crippen molar-refractivity contribution in [3.05, 3.63) is 59.7 Å². The van der Waals surface area contributed by atoms with Gasteiger partial charge in [-0.25, -0.2) is 8.42 Å². The third-order valence-corrected chi connectivity index (χ3v) is 7.15. The topological polar surface area (TPSA) is 99.5 Å². The molecule has 1 aliphatic rings. The van der Waals surface area contributed by atoms with Crippen molar-refractivity contribution in [2.45, 2.75) is 44.2 Å². The van der Waals surface area contributed by atoms with Crippen LogP contribution in [0.15, 0.2) is 53.4 Å². The summed E-state index contributed by atoms with van der Waals surface area (Å²) in [4.78, 5) is 12.8. The highest BCUT2D eigenvalue weighted by Crippen LogP contribution is 2.25. The lowest BCUT2D eigenvalue weighted by atomic mass is 9.97. The molecule has 2 aromatic rings. The number of carbonyl (C=O) groups is 1. The van der Waals surface area contributed by atoms with Crippen molar-refractivity contribution in [3.63, 3.8) is 0 Å². The molecule has 0 unspecified atom stereocenters. The number of nitriles is 1. The van der Waals surface area contributed by atoms with Gasteiger partial charge in [-0.15, -0.1) is 0 Å². The second kappa shape index (κ2) is 9.94. The number of piperidine rings is 1. The molecular weight excluding hydrogens is 414 g/mol. The lowest BCUT2D eigenvalue weighted by molar-refractivity contribution is -0.126. The molecule has 1 fully saturated rings. The van der Waals surface area contributed by atoms with E-state index >= 15 is 0 Å². The fraction of sp³-hybridized carbons (Fsp3) is 0.391. The van der Waals surface area contributed by atoms with Gasteiger partial charge in [0.05, 0.1) is 22.6 Å². The van der Waals surface area contributed by atoms with Gasteiger partial charge in [-0.05, 0) is 57.0 Å². The summed E-state index contributed by atoms with van der Waals surface area (Å²) in [5.41, 5.74) is 1.32. The number of benzene rings is 2. The molecule has 1 saturated heterocycles. The van der Waals surface area contributed by atoms with Crippen LogP contribution in [0.25, 0.3) is 0 Å². The molecule has 8 heteroatoms. The van der Waals surface area contributed by atoms with Crippen molar-refractivity contribution < 1.29 is 17.9 Å². The minimum atomic E-state index is -3.63. The Labute approximate surface area is 183 Å². The van der Waals surface area contributed by atoms with E-state index in [1.54, 1.807) is 0 Å². The minimum absolute atomic E-state index is 0.0410. The maximum atomic E-state index is 12.8. The summed E-state index contributed by atoms with van der Waals surface area (Å²) < 4.78 is 32.9. The largest absolute Gasteiger partial charge is 0.491 e. The number of ether oxygens (including phenoxy) is 1. The van der Waals surface area contributed by atoms with Gasteiger partial charge in [0.25, 0.3) is 0 Å². The van der Waals surface area contributed by atoms with Crippen molar-refractivity contribution in [2.24, 2.45) is 5.92 Å². The number of rotatable bonds is 7. The first-order valence-corrected chi connectivity index (χ1v) is 11.8. The Kier molecular flexibility index (Phi) is 7.31. The van der Waals surface area contributed by atoms with Gasteiger partial charge in [-0.2, -0.15) is 9.57 Å². The zero-order chi connectivity index (χ0) is 22.4. The van der Waals surface area contributed by atoms with Gasteiger partial charge in [0, 0.05) is 31.1 Å². The zero-order valence-corrected chi connectivity index (χ0v) is 18.6. The van der Waals surface area contributed by atoms with Crippen LogP contribution in [0.5, 0.6) is 5.75 Å². The summed E-state index contributed by atoms with van der Waals surface area (Å²) in [5, 5.41) is 11.8. The molecule has 1 N–H and O–H groups in total. The highest BCUT2D eigenvalue weighted by atomic mass is 32.2. The molecule has 0 saturated carbocycles. The lowest BCUT2D eigenvalue weighted by Gasteiger charge is -2.30. The number of hydrogen-bond acceptors (Lipinski definition) is 5. The average Bonchev–Trinajstić information content (AvgIpc) is 2.78. The van der Waals surface area contributed by atoms with Crippen LogP contribution < -0.4 is 10.1 Å². The smallest absolute Gasteiger partial charge is 0.243 e. The van der Waals surface area contributed by atoms with E-state index in [-0.39, 0.29) is 35.9 Å². The van der Waals surface area contributed by atoms with Crippen LogP contribution in [0.4, 0.5) is 0 Å². The van der Waals surface area contributed by atoms with Crippen LogP contribution in [0.1, 0.15) is 37.8 Å². The minimum Gasteiger partial charge on any atom is -0.491 e. The second-order valence-electron chi connectivity index (χ2n) is 7.81. The Hall–Kier alpha value is -2.89. The molecule has 0 bridgehead atoms. The molecule has 1 heterocycles. The maximum absolute atomic E-state index is 12.8. The van der Waals surface area contributed by atoms with Gasteiger partial charge in [0.1, 0.15) is 5.75 Å². The first-order chi connectivity index (χ1) is 14.8. The van der Waals surface area contributed by atoms with Gasteiger partial charge in [0.2, 0.25) is 15.9 Å². The summed E-state index contributed by atoms with van der Waals surface area (Å²) in [5.74, 6) is 0.446. The first-order valence-electron chi connectivity index (χ1n) is 10.3. The third-order valence-electron chi connectivity index (χ3n) is 5.23. The first kappa shape index (κ1) is 22.8. The highest BCUT2D eigenvalue weighted by molar-refractivity contribution is 7.89. The van der Waals surface area contributed by atoms with E-state index in [9.17, 15) is 13.2 Å². The quantitative estimate of drug-likeness (QED) is 0.712. The molecule has 164 valence electrons. The van der Waals surface area contributed by atoms with Crippen molar-refractivity contribution >= 4 is 15.9 Å². The molecule has 31 heavy (non-hydrogen) atoms. The van der Waals surface area contributed by atoms with Gasteiger partial charge < -0.3 is 10.1 Å². The number of nitrogens with zero attached hydrogens (tertiary/aromatic N) is 2. The molecule has 1 aliphatic heterocycles. The molecule has 1 amide bonds. The lowest BCUT2D eigenvalue weighted by Crippen LogP contribution is -2.42. The summed E-state index contributed by atoms with van der Waals surface area (Å²) in [6.07, 6.45) is 0.969. The number of para-hydroxylation sites is 1. The van der Waals surface area contributed by atoms with E-state index in [0.29, 0.717) is 24.9 Å². The van der Waals surface area contributed by atoms with Crippen LogP contribution in [-0.2, 0) is 21.4 Å². The Bertz CT molecular complexity index is 1050. The molecule has 3 rings (SSSR count). The predicted octanol–water partition coefficient (Wildman–Crippen LogP) is 3.06. The number of nitrogens with one attached hydrogen (secondary N) is 1. The summed E-state index contributed by atoms with van der Waals surface area (Å²) in [7, 11) is -3.63. The van der Waals surface area contributed by atoms with Crippen LogP contribution in [0.2, 0.25) is 0 Å².